The van der Waals surface area contributed by atoms with Crippen LogP contribution in [0.2, 0.25) is 5.02 Å². The molecule has 10 nitrogen and oxygen atoms in total. The molecule has 2 heterocycles. The molecule has 1 aromatic carbocycles. The van der Waals surface area contributed by atoms with Crippen LogP contribution in [-0.2, 0) is 11.8 Å². The molecule has 0 radical (unpaired) electrons. The topological polar surface area (TPSA) is 165 Å². The first kappa shape index (κ1) is 21.9. The molecule has 12 heteroatoms. The van der Waals surface area contributed by atoms with E-state index in [2.05, 4.69) is 15.6 Å². The Morgan fingerprint density at radius 1 is 1.39 bits per heavy atom. The van der Waals surface area contributed by atoms with E-state index in [-0.39, 0.29) is 39.1 Å². The van der Waals surface area contributed by atoms with Gasteiger partial charge in [0, 0.05) is 10.7 Å². The second kappa shape index (κ2) is 8.92. The molecule has 31 heavy (non-hydrogen) atoms. The Morgan fingerprint density at radius 2 is 2.10 bits per heavy atom. The molecule has 0 saturated carbocycles. The molecule has 4 N–H and O–H groups in total. The standard InChI is InChI=1S/C19H14ClN7O3S/c1-9(17(28)24-11-5-3-4-10(20)6-11)31-18-13(8-22)14(12(7-21)16(23)25-18)15-19(29)30-26-27(15)2/h3-6,9H,1-2H3,(H3-,23,24,25,26,28,29)/p+1. The largest absolute Gasteiger partial charge is 0.435 e. The lowest BCUT2D eigenvalue weighted by molar-refractivity contribution is -0.730. The van der Waals surface area contributed by atoms with E-state index in [0.29, 0.717) is 10.7 Å². The van der Waals surface area contributed by atoms with Crippen molar-refractivity contribution in [3.63, 3.8) is 0 Å². The van der Waals surface area contributed by atoms with Crippen LogP contribution in [0.5, 0.6) is 0 Å². The fourth-order valence-electron chi connectivity index (χ4n) is 2.76. The molecule has 3 aromatic rings. The van der Waals surface area contributed by atoms with Gasteiger partial charge < -0.3 is 11.1 Å². The predicted octanol–water partition coefficient (Wildman–Crippen LogP) is 1.95. The number of nitrogens with one attached hydrogen (secondary N) is 2. The molecule has 0 aliphatic carbocycles. The van der Waals surface area contributed by atoms with E-state index in [1.54, 1.807) is 31.2 Å². The maximum atomic E-state index is 12.6. The van der Waals surface area contributed by atoms with Gasteiger partial charge in [-0.2, -0.15) is 10.5 Å². The number of carbonyl (C=O) groups excluding carboxylic acids is 1. The number of anilines is 2. The summed E-state index contributed by atoms with van der Waals surface area (Å²) in [6.45, 7) is 1.62. The van der Waals surface area contributed by atoms with E-state index in [1.807, 2.05) is 12.1 Å². The normalized spacial score (nSPS) is 11.4. The third-order valence-corrected chi connectivity index (χ3v) is 5.53. The van der Waals surface area contributed by atoms with Crippen LogP contribution in [0.4, 0.5) is 11.5 Å². The number of nitrogens with two attached hydrogens (primary N) is 1. The van der Waals surface area contributed by atoms with Gasteiger partial charge >= 0.3 is 11.3 Å². The first-order valence-corrected chi connectivity index (χ1v) is 9.97. The van der Waals surface area contributed by atoms with Crippen LogP contribution < -0.4 is 21.4 Å². The summed E-state index contributed by atoms with van der Waals surface area (Å²) >= 11 is 6.90. The van der Waals surface area contributed by atoms with Crippen LogP contribution in [-0.4, -0.2) is 21.4 Å². The molecule has 2 aromatic heterocycles. The number of rotatable bonds is 5. The van der Waals surface area contributed by atoms with Gasteiger partial charge in [0.2, 0.25) is 5.91 Å². The van der Waals surface area contributed by atoms with Crippen LogP contribution in [0.1, 0.15) is 18.1 Å². The average Bonchev–Trinajstić information content (AvgIpc) is 3.05. The summed E-state index contributed by atoms with van der Waals surface area (Å²) in [5.74, 6) is -0.545. The minimum Gasteiger partial charge on any atom is -0.383 e. The number of aromatic amines is 1. The number of hydrogen-bond acceptors (Lipinski definition) is 8. The number of nitrogens with zero attached hydrogens (tertiary/aromatic N) is 4. The molecule has 0 bridgehead atoms. The third kappa shape index (κ3) is 4.38. The number of H-pyrrole nitrogens is 1. The molecular formula is C19H15ClN7O3S+. The summed E-state index contributed by atoms with van der Waals surface area (Å²) in [5, 5.41) is 24.2. The summed E-state index contributed by atoms with van der Waals surface area (Å²) < 4.78 is 5.97. The Morgan fingerprint density at radius 3 is 2.68 bits per heavy atom. The quantitative estimate of drug-likeness (QED) is 0.387. The van der Waals surface area contributed by atoms with Crippen molar-refractivity contribution in [3.05, 3.63) is 50.8 Å². The van der Waals surface area contributed by atoms with Crippen molar-refractivity contribution >= 4 is 40.8 Å². The minimum absolute atomic E-state index is 0.0139. The smallest absolute Gasteiger partial charge is 0.383 e. The maximum Gasteiger partial charge on any atom is 0.435 e. The van der Waals surface area contributed by atoms with Gasteiger partial charge in [-0.15, -0.1) is 0 Å². The number of nitrogen functional groups attached to an aromatic ring is 1. The highest BCUT2D eigenvalue weighted by Crippen LogP contribution is 2.35. The number of carbonyl (C=O) groups is 1. The average molecular weight is 457 g/mol. The first-order valence-electron chi connectivity index (χ1n) is 8.71. The Bertz CT molecular complexity index is 1320. The number of aryl methyl sites for hydroxylation is 1. The third-order valence-electron chi connectivity index (χ3n) is 4.21. The van der Waals surface area contributed by atoms with Crippen molar-refractivity contribution in [2.24, 2.45) is 7.05 Å². The molecule has 0 aliphatic heterocycles. The van der Waals surface area contributed by atoms with E-state index in [0.717, 1.165) is 11.8 Å². The van der Waals surface area contributed by atoms with Crippen LogP contribution in [0.15, 0.2) is 38.6 Å². The molecular weight excluding hydrogens is 442 g/mol. The second-order valence-electron chi connectivity index (χ2n) is 6.30. The highest BCUT2D eigenvalue weighted by Gasteiger charge is 2.32. The lowest BCUT2D eigenvalue weighted by atomic mass is 10.0. The summed E-state index contributed by atoms with van der Waals surface area (Å²) in [4.78, 5) is 28.9. The molecule has 156 valence electrons. The maximum absolute atomic E-state index is 12.6. The van der Waals surface area contributed by atoms with Crippen molar-refractivity contribution in [1.29, 1.82) is 10.5 Å². The fraction of sp³-hybridized carbons (Fsp3) is 0.158. The number of aromatic nitrogens is 3. The van der Waals surface area contributed by atoms with E-state index in [9.17, 15) is 20.1 Å². The lowest BCUT2D eigenvalue weighted by Crippen LogP contribution is -2.34. The van der Waals surface area contributed by atoms with E-state index in [1.165, 1.54) is 11.7 Å². The SMILES string of the molecule is CC(Sc1nc(N)c(C#N)c(-c2c(=O)o[nH][n+]2C)c1C#N)C(=O)Nc1cccc(Cl)c1. The van der Waals surface area contributed by atoms with Crippen LogP contribution in [0, 0.1) is 22.7 Å². The van der Waals surface area contributed by atoms with E-state index >= 15 is 0 Å². The van der Waals surface area contributed by atoms with Gasteiger partial charge in [-0.1, -0.05) is 34.1 Å². The molecule has 0 aliphatic rings. The molecule has 1 atom stereocenters. The zero-order chi connectivity index (χ0) is 22.7. The zero-order valence-corrected chi connectivity index (χ0v) is 17.8. The number of amides is 1. The van der Waals surface area contributed by atoms with Crippen molar-refractivity contribution in [2.45, 2.75) is 17.2 Å². The van der Waals surface area contributed by atoms with Gasteiger partial charge in [0.05, 0.1) is 10.8 Å². The van der Waals surface area contributed by atoms with Gasteiger partial charge in [0.15, 0.2) is 7.05 Å². The molecule has 0 fully saturated rings. The van der Waals surface area contributed by atoms with Crippen LogP contribution in [0.25, 0.3) is 11.3 Å². The predicted molar refractivity (Wildman–Crippen MR) is 113 cm³/mol. The van der Waals surface area contributed by atoms with E-state index in [4.69, 9.17) is 21.9 Å². The number of nitriles is 2. The molecule has 1 unspecified atom stereocenters. The highest BCUT2D eigenvalue weighted by atomic mass is 35.5. The molecule has 1 amide bonds. The van der Waals surface area contributed by atoms with Crippen molar-refractivity contribution in [1.82, 2.24) is 10.3 Å². The number of benzene rings is 1. The van der Waals surface area contributed by atoms with Gasteiger partial charge in [-0.25, -0.2) is 9.78 Å². The van der Waals surface area contributed by atoms with Gasteiger partial charge in [-0.05, 0) is 30.4 Å². The van der Waals surface area contributed by atoms with Crippen molar-refractivity contribution in [3.8, 4) is 23.4 Å². The molecule has 0 spiro atoms. The molecule has 3 rings (SSSR count). The van der Waals surface area contributed by atoms with Crippen molar-refractivity contribution < 1.29 is 14.0 Å². The Hall–Kier alpha value is -3.80. The first-order chi connectivity index (χ1) is 14.8. The Kier molecular flexibility index (Phi) is 6.30. The molecule has 0 saturated heterocycles. The number of thioether (sulfide) groups is 1. The monoisotopic (exact) mass is 456 g/mol. The van der Waals surface area contributed by atoms with Crippen LogP contribution in [0.3, 0.4) is 0 Å². The minimum atomic E-state index is -0.788. The Labute approximate surface area is 185 Å². The summed E-state index contributed by atoms with van der Waals surface area (Å²) in [5.41, 5.74) is 5.36. The second-order valence-corrected chi connectivity index (χ2v) is 8.06. The number of halogens is 1. The summed E-state index contributed by atoms with van der Waals surface area (Å²) in [6.07, 6.45) is 0. The van der Waals surface area contributed by atoms with Gasteiger partial charge in [0.1, 0.15) is 34.1 Å². The van der Waals surface area contributed by atoms with E-state index < -0.39 is 10.9 Å². The van der Waals surface area contributed by atoms with Crippen molar-refractivity contribution in [2.75, 3.05) is 11.1 Å². The highest BCUT2D eigenvalue weighted by molar-refractivity contribution is 8.00. The summed E-state index contributed by atoms with van der Waals surface area (Å²) in [6, 6.07) is 10.5. The zero-order valence-electron chi connectivity index (χ0n) is 16.3. The summed E-state index contributed by atoms with van der Waals surface area (Å²) in [7, 11) is 1.48. The number of pyridine rings is 1. The Balaban J connectivity index is 2.02. The van der Waals surface area contributed by atoms with Gasteiger partial charge in [0.25, 0.3) is 0 Å². The van der Waals surface area contributed by atoms with Crippen LogP contribution >= 0.6 is 23.4 Å². The fourth-order valence-corrected chi connectivity index (χ4v) is 3.87. The van der Waals surface area contributed by atoms with Gasteiger partial charge in [-0.3, -0.25) is 9.32 Å². The lowest BCUT2D eigenvalue weighted by Gasteiger charge is -2.14. The number of hydrogen-bond donors (Lipinski definition) is 3.